The SMILES string of the molecule is C/N=C/C1(O)CCCc2cc(OC)c(OC)cc21. The van der Waals surface area contributed by atoms with Crippen LogP contribution in [0.25, 0.3) is 0 Å². The number of benzene rings is 1. The summed E-state index contributed by atoms with van der Waals surface area (Å²) in [6.45, 7) is 0. The van der Waals surface area contributed by atoms with Crippen LogP contribution in [0.2, 0.25) is 0 Å². The molecule has 1 aromatic rings. The van der Waals surface area contributed by atoms with Crippen molar-refractivity contribution in [2.45, 2.75) is 24.9 Å². The average Bonchev–Trinajstić information content (AvgIpc) is 2.38. The molecule has 0 radical (unpaired) electrons. The number of nitrogens with zero attached hydrogens (tertiary/aromatic N) is 1. The first-order valence-electron chi connectivity index (χ1n) is 6.05. The molecule has 0 saturated carbocycles. The van der Waals surface area contributed by atoms with Gasteiger partial charge in [0.1, 0.15) is 5.60 Å². The molecule has 18 heavy (non-hydrogen) atoms. The Kier molecular flexibility index (Phi) is 3.57. The minimum absolute atomic E-state index is 0.640. The highest BCUT2D eigenvalue weighted by Crippen LogP contribution is 2.40. The van der Waals surface area contributed by atoms with Gasteiger partial charge < -0.3 is 14.6 Å². The highest BCUT2D eigenvalue weighted by atomic mass is 16.5. The van der Waals surface area contributed by atoms with Crippen molar-refractivity contribution in [2.24, 2.45) is 4.99 Å². The lowest BCUT2D eigenvalue weighted by Gasteiger charge is -2.32. The van der Waals surface area contributed by atoms with E-state index in [1.54, 1.807) is 27.5 Å². The molecule has 1 aliphatic carbocycles. The van der Waals surface area contributed by atoms with Crippen molar-refractivity contribution < 1.29 is 14.6 Å². The molecule has 4 heteroatoms. The first kappa shape index (κ1) is 12.9. The normalized spacial score (nSPS) is 22.9. The Balaban J connectivity index is 2.57. The number of ether oxygens (including phenoxy) is 2. The summed E-state index contributed by atoms with van der Waals surface area (Å²) in [4.78, 5) is 3.98. The largest absolute Gasteiger partial charge is 0.493 e. The summed E-state index contributed by atoms with van der Waals surface area (Å²) in [6, 6.07) is 3.80. The van der Waals surface area contributed by atoms with Crippen LogP contribution in [0.1, 0.15) is 24.0 Å². The van der Waals surface area contributed by atoms with E-state index in [0.29, 0.717) is 17.9 Å². The van der Waals surface area contributed by atoms with E-state index in [4.69, 9.17) is 9.47 Å². The zero-order valence-electron chi connectivity index (χ0n) is 11.1. The highest BCUT2D eigenvalue weighted by molar-refractivity contribution is 5.73. The van der Waals surface area contributed by atoms with Crippen molar-refractivity contribution in [3.63, 3.8) is 0 Å². The number of aliphatic hydroxyl groups is 1. The van der Waals surface area contributed by atoms with Crippen LogP contribution in [0.15, 0.2) is 17.1 Å². The van der Waals surface area contributed by atoms with E-state index in [1.807, 2.05) is 12.1 Å². The van der Waals surface area contributed by atoms with Gasteiger partial charge in [-0.1, -0.05) is 0 Å². The van der Waals surface area contributed by atoms with Crippen molar-refractivity contribution in [3.8, 4) is 11.5 Å². The smallest absolute Gasteiger partial charge is 0.161 e. The van der Waals surface area contributed by atoms with E-state index in [0.717, 1.165) is 24.0 Å². The van der Waals surface area contributed by atoms with Gasteiger partial charge in [-0.05, 0) is 42.5 Å². The molecule has 1 N–H and O–H groups in total. The fourth-order valence-electron chi connectivity index (χ4n) is 2.56. The van der Waals surface area contributed by atoms with Gasteiger partial charge >= 0.3 is 0 Å². The van der Waals surface area contributed by atoms with Crippen LogP contribution in [0.4, 0.5) is 0 Å². The Morgan fingerprint density at radius 3 is 2.56 bits per heavy atom. The molecule has 1 aromatic carbocycles. The molecule has 0 aliphatic heterocycles. The fourth-order valence-corrected chi connectivity index (χ4v) is 2.56. The second kappa shape index (κ2) is 4.98. The van der Waals surface area contributed by atoms with E-state index in [-0.39, 0.29) is 0 Å². The molecule has 0 spiro atoms. The number of fused-ring (bicyclic) bond motifs is 1. The zero-order chi connectivity index (χ0) is 13.2. The average molecular weight is 249 g/mol. The molecule has 0 saturated heterocycles. The van der Waals surface area contributed by atoms with Crippen LogP contribution in [-0.2, 0) is 12.0 Å². The van der Waals surface area contributed by atoms with Gasteiger partial charge in [0.15, 0.2) is 11.5 Å². The molecule has 0 amide bonds. The summed E-state index contributed by atoms with van der Waals surface area (Å²) >= 11 is 0. The van der Waals surface area contributed by atoms with Crippen molar-refractivity contribution in [1.29, 1.82) is 0 Å². The maximum Gasteiger partial charge on any atom is 0.161 e. The van der Waals surface area contributed by atoms with Gasteiger partial charge in [-0.25, -0.2) is 0 Å². The number of hydrogen-bond donors (Lipinski definition) is 1. The molecule has 98 valence electrons. The molecule has 0 bridgehead atoms. The topological polar surface area (TPSA) is 51.1 Å². The van der Waals surface area contributed by atoms with Gasteiger partial charge in [0.2, 0.25) is 0 Å². The second-order valence-corrected chi connectivity index (χ2v) is 4.53. The number of rotatable bonds is 3. The van der Waals surface area contributed by atoms with Gasteiger partial charge in [0.05, 0.1) is 14.2 Å². The molecule has 0 aromatic heterocycles. The predicted octanol–water partition coefficient (Wildman–Crippen LogP) is 1.93. The molecule has 1 atom stereocenters. The van der Waals surface area contributed by atoms with Gasteiger partial charge in [-0.2, -0.15) is 0 Å². The monoisotopic (exact) mass is 249 g/mol. The number of methoxy groups -OCH3 is 2. The lowest BCUT2D eigenvalue weighted by atomic mass is 9.79. The van der Waals surface area contributed by atoms with Crippen LogP contribution in [0.5, 0.6) is 11.5 Å². The molecule has 4 nitrogen and oxygen atoms in total. The van der Waals surface area contributed by atoms with Gasteiger partial charge in [-0.3, -0.25) is 4.99 Å². The summed E-state index contributed by atoms with van der Waals surface area (Å²) in [5.74, 6) is 1.34. The predicted molar refractivity (Wildman–Crippen MR) is 70.8 cm³/mol. The van der Waals surface area contributed by atoms with E-state index in [2.05, 4.69) is 4.99 Å². The Morgan fingerprint density at radius 2 is 1.94 bits per heavy atom. The molecule has 0 heterocycles. The van der Waals surface area contributed by atoms with E-state index in [9.17, 15) is 5.11 Å². The zero-order valence-corrected chi connectivity index (χ0v) is 11.1. The molecule has 1 aliphatic rings. The van der Waals surface area contributed by atoms with Gasteiger partial charge in [0, 0.05) is 13.3 Å². The van der Waals surface area contributed by atoms with Crippen LogP contribution >= 0.6 is 0 Å². The quantitative estimate of drug-likeness (QED) is 0.833. The summed E-state index contributed by atoms with van der Waals surface area (Å²) in [5.41, 5.74) is 0.986. The van der Waals surface area contributed by atoms with E-state index in [1.165, 1.54) is 0 Å². The molecule has 2 rings (SSSR count). The van der Waals surface area contributed by atoms with Crippen molar-refractivity contribution in [3.05, 3.63) is 23.3 Å². The van der Waals surface area contributed by atoms with E-state index >= 15 is 0 Å². The second-order valence-electron chi connectivity index (χ2n) is 4.53. The Labute approximate surface area is 107 Å². The standard InChI is InChI=1S/C14H19NO3/c1-15-9-14(16)6-4-5-10-7-12(17-2)13(18-3)8-11(10)14/h7-9,16H,4-6H2,1-3H3/b15-9+. The fraction of sp³-hybridized carbons (Fsp3) is 0.500. The number of hydrogen-bond acceptors (Lipinski definition) is 4. The lowest BCUT2D eigenvalue weighted by molar-refractivity contribution is 0.0959. The van der Waals surface area contributed by atoms with Crippen LogP contribution in [-0.4, -0.2) is 32.6 Å². The Bertz CT molecular complexity index is 470. The Morgan fingerprint density at radius 1 is 1.28 bits per heavy atom. The van der Waals surface area contributed by atoms with Gasteiger partial charge in [0.25, 0.3) is 0 Å². The van der Waals surface area contributed by atoms with E-state index < -0.39 is 5.60 Å². The lowest BCUT2D eigenvalue weighted by Crippen LogP contribution is -2.32. The molecule has 1 unspecified atom stereocenters. The van der Waals surface area contributed by atoms with Crippen molar-refractivity contribution in [2.75, 3.05) is 21.3 Å². The minimum atomic E-state index is -0.984. The molecular formula is C14H19NO3. The third-order valence-electron chi connectivity index (χ3n) is 3.42. The van der Waals surface area contributed by atoms with Crippen LogP contribution in [0.3, 0.4) is 0 Å². The third kappa shape index (κ3) is 2.08. The summed E-state index contributed by atoms with van der Waals surface area (Å²) in [7, 11) is 4.89. The minimum Gasteiger partial charge on any atom is -0.493 e. The number of aryl methyl sites for hydroxylation is 1. The van der Waals surface area contributed by atoms with Crippen LogP contribution in [0, 0.1) is 0 Å². The summed E-state index contributed by atoms with van der Waals surface area (Å²) in [6.07, 6.45) is 4.17. The summed E-state index contributed by atoms with van der Waals surface area (Å²) < 4.78 is 10.6. The first-order valence-corrected chi connectivity index (χ1v) is 6.05. The van der Waals surface area contributed by atoms with Crippen molar-refractivity contribution >= 4 is 6.21 Å². The third-order valence-corrected chi connectivity index (χ3v) is 3.42. The molecule has 0 fully saturated rings. The molecular weight excluding hydrogens is 230 g/mol. The number of aliphatic imine (C=N–C) groups is 1. The van der Waals surface area contributed by atoms with Crippen molar-refractivity contribution in [1.82, 2.24) is 0 Å². The van der Waals surface area contributed by atoms with Gasteiger partial charge in [-0.15, -0.1) is 0 Å². The maximum atomic E-state index is 10.7. The van der Waals surface area contributed by atoms with Crippen LogP contribution < -0.4 is 9.47 Å². The maximum absolute atomic E-state index is 10.7. The highest BCUT2D eigenvalue weighted by Gasteiger charge is 2.33. The first-order chi connectivity index (χ1) is 8.64. The Hall–Kier alpha value is -1.55. The summed E-state index contributed by atoms with van der Waals surface area (Å²) in [5, 5.41) is 10.7.